The first-order chi connectivity index (χ1) is 18.3. The number of amides is 3. The van der Waals surface area contributed by atoms with Crippen LogP contribution >= 0.6 is 11.6 Å². The summed E-state index contributed by atoms with van der Waals surface area (Å²) < 4.78 is 12.0. The molecule has 0 saturated carbocycles. The molecule has 2 fully saturated rings. The van der Waals surface area contributed by atoms with E-state index in [1.807, 2.05) is 0 Å². The first-order valence-electron chi connectivity index (χ1n) is 12.2. The Morgan fingerprint density at radius 2 is 1.82 bits per heavy atom. The number of nitrogens with zero attached hydrogens (tertiary/aromatic N) is 4. The van der Waals surface area contributed by atoms with Gasteiger partial charge in [-0.3, -0.25) is 19.4 Å². The zero-order valence-electron chi connectivity index (χ0n) is 20.9. The van der Waals surface area contributed by atoms with Gasteiger partial charge in [0.25, 0.3) is 17.7 Å². The van der Waals surface area contributed by atoms with Gasteiger partial charge >= 0.3 is 0 Å². The van der Waals surface area contributed by atoms with Crippen LogP contribution in [-0.4, -0.2) is 70.3 Å². The van der Waals surface area contributed by atoms with Crippen LogP contribution in [0, 0.1) is 6.92 Å². The van der Waals surface area contributed by atoms with Crippen molar-refractivity contribution in [2.75, 3.05) is 32.0 Å². The average molecular weight is 536 g/mol. The van der Waals surface area contributed by atoms with E-state index in [4.69, 9.17) is 21.1 Å². The minimum atomic E-state index is -0.662. The Morgan fingerprint density at radius 1 is 1.03 bits per heavy atom. The van der Waals surface area contributed by atoms with Gasteiger partial charge in [-0.15, -0.1) is 0 Å². The fraction of sp³-hybridized carbons (Fsp3) is 0.296. The zero-order chi connectivity index (χ0) is 26.8. The zero-order valence-corrected chi connectivity index (χ0v) is 21.7. The molecule has 3 heterocycles. The molecule has 0 spiro atoms. The molecule has 11 heteroatoms. The first-order valence-corrected chi connectivity index (χ1v) is 12.6. The molecule has 5 rings (SSSR count). The van der Waals surface area contributed by atoms with Crippen molar-refractivity contribution < 1.29 is 23.9 Å². The smallest absolute Gasteiger partial charge is 0.263 e. The second-order valence-corrected chi connectivity index (χ2v) is 9.65. The largest absolute Gasteiger partial charge is 0.480 e. The summed E-state index contributed by atoms with van der Waals surface area (Å²) in [6.45, 7) is 3.85. The summed E-state index contributed by atoms with van der Waals surface area (Å²) in [5.41, 5.74) is 1.41. The molecule has 38 heavy (non-hydrogen) atoms. The van der Waals surface area contributed by atoms with Crippen LogP contribution in [0.1, 0.15) is 39.3 Å². The second kappa shape index (κ2) is 10.7. The molecule has 0 bridgehead atoms. The van der Waals surface area contributed by atoms with Crippen LogP contribution in [0.3, 0.4) is 0 Å². The van der Waals surface area contributed by atoms with Gasteiger partial charge in [0.1, 0.15) is 17.2 Å². The number of benzene rings is 2. The summed E-state index contributed by atoms with van der Waals surface area (Å²) >= 11 is 6.45. The van der Waals surface area contributed by atoms with Gasteiger partial charge in [-0.05, 0) is 43.7 Å². The highest BCUT2D eigenvalue weighted by molar-refractivity contribution is 6.32. The third-order valence-electron chi connectivity index (χ3n) is 6.37. The van der Waals surface area contributed by atoms with Crippen molar-refractivity contribution in [3.8, 4) is 17.2 Å². The van der Waals surface area contributed by atoms with Gasteiger partial charge in [0, 0.05) is 50.3 Å². The number of likely N-dealkylation sites (N-methyl/N-ethyl adjacent to an activating group) is 1. The number of ether oxygens (including phenoxy) is 2. The van der Waals surface area contributed by atoms with Crippen molar-refractivity contribution in [1.29, 1.82) is 0 Å². The van der Waals surface area contributed by atoms with Crippen LogP contribution in [0.15, 0.2) is 48.8 Å². The Hall–Kier alpha value is -4.18. The number of hydrogen-bond acceptors (Lipinski definition) is 7. The minimum Gasteiger partial charge on any atom is -0.480 e. The van der Waals surface area contributed by atoms with Crippen LogP contribution in [-0.2, 0) is 4.79 Å². The van der Waals surface area contributed by atoms with Gasteiger partial charge in [-0.2, -0.15) is 0 Å². The van der Waals surface area contributed by atoms with Crippen molar-refractivity contribution in [1.82, 2.24) is 19.8 Å². The van der Waals surface area contributed by atoms with Gasteiger partial charge in [0.15, 0.2) is 11.9 Å². The molecule has 1 aromatic heterocycles. The molecule has 2 saturated heterocycles. The fourth-order valence-corrected chi connectivity index (χ4v) is 4.30. The maximum atomic E-state index is 13.1. The molecule has 3 amide bonds. The monoisotopic (exact) mass is 535 g/mol. The lowest BCUT2D eigenvalue weighted by atomic mass is 10.1. The highest BCUT2D eigenvalue weighted by Gasteiger charge is 2.31. The van der Waals surface area contributed by atoms with Gasteiger partial charge in [0.05, 0.1) is 23.1 Å². The van der Waals surface area contributed by atoms with E-state index in [0.717, 1.165) is 25.2 Å². The number of rotatable bonds is 7. The third kappa shape index (κ3) is 5.55. The van der Waals surface area contributed by atoms with Crippen LogP contribution < -0.4 is 14.8 Å². The van der Waals surface area contributed by atoms with Gasteiger partial charge < -0.3 is 24.6 Å². The second-order valence-electron chi connectivity index (χ2n) is 9.24. The SMILES string of the molecule is Cc1cnc(NC(=O)c2cc(Oc3ccc(C(=O)N4CCC4)cc3Cl)cc(O[C@H]3CCN(C)C3=O)c2)cn1. The molecule has 196 valence electrons. The Balaban J connectivity index is 1.41. The van der Waals surface area contributed by atoms with E-state index in [1.165, 1.54) is 18.3 Å². The Kier molecular flexibility index (Phi) is 7.15. The lowest BCUT2D eigenvalue weighted by Crippen LogP contribution is -2.41. The van der Waals surface area contributed by atoms with Gasteiger partial charge in [-0.25, -0.2) is 4.98 Å². The predicted octanol–water partition coefficient (Wildman–Crippen LogP) is 3.94. The van der Waals surface area contributed by atoms with E-state index in [2.05, 4.69) is 15.3 Å². The van der Waals surface area contributed by atoms with Crippen LogP contribution in [0.25, 0.3) is 0 Å². The molecule has 2 aromatic carbocycles. The van der Waals surface area contributed by atoms with E-state index in [0.29, 0.717) is 24.3 Å². The van der Waals surface area contributed by atoms with E-state index < -0.39 is 12.0 Å². The first kappa shape index (κ1) is 25.5. The summed E-state index contributed by atoms with van der Waals surface area (Å²) in [7, 11) is 1.71. The van der Waals surface area contributed by atoms with E-state index in [-0.39, 0.29) is 39.7 Å². The van der Waals surface area contributed by atoms with Gasteiger partial charge in [-0.1, -0.05) is 11.6 Å². The summed E-state index contributed by atoms with van der Waals surface area (Å²) in [6.07, 6.45) is 3.86. The van der Waals surface area contributed by atoms with Crippen molar-refractivity contribution in [3.05, 3.63) is 70.6 Å². The molecular formula is C27H26ClN5O5. The van der Waals surface area contributed by atoms with E-state index >= 15 is 0 Å². The molecule has 3 aromatic rings. The standard InChI is InChI=1S/C27H26ClN5O5/c1-16-14-30-24(15-29-16)31-25(34)18-10-19(13-20(11-18)38-23-6-9-32(2)27(23)36)37-22-5-4-17(12-21(22)28)26(35)33-7-3-8-33/h4-5,10-15,23H,3,6-9H2,1-2H3,(H,30,31,34)/t23-/m0/s1. The number of carbonyl (C=O) groups is 3. The molecule has 1 atom stereocenters. The molecule has 0 aliphatic carbocycles. The number of aryl methyl sites for hydroxylation is 1. The van der Waals surface area contributed by atoms with Crippen molar-refractivity contribution in [2.45, 2.75) is 25.9 Å². The lowest BCUT2D eigenvalue weighted by Gasteiger charge is -2.31. The van der Waals surface area contributed by atoms with E-state index in [9.17, 15) is 14.4 Å². The van der Waals surface area contributed by atoms with E-state index in [1.54, 1.807) is 54.2 Å². The Morgan fingerprint density at radius 3 is 2.45 bits per heavy atom. The maximum Gasteiger partial charge on any atom is 0.263 e. The fourth-order valence-electron chi connectivity index (χ4n) is 4.08. The Bertz CT molecular complexity index is 1390. The van der Waals surface area contributed by atoms with Crippen LogP contribution in [0.2, 0.25) is 5.02 Å². The summed E-state index contributed by atoms with van der Waals surface area (Å²) in [5, 5.41) is 2.95. The van der Waals surface area contributed by atoms with Crippen molar-refractivity contribution in [3.63, 3.8) is 0 Å². The average Bonchev–Trinajstić information content (AvgIpc) is 3.17. The summed E-state index contributed by atoms with van der Waals surface area (Å²) in [5.74, 6) is 0.466. The molecule has 2 aliphatic heterocycles. The number of likely N-dealkylation sites (tertiary alicyclic amines) is 2. The van der Waals surface area contributed by atoms with Crippen molar-refractivity contribution >= 4 is 35.1 Å². The Labute approximate surface area is 224 Å². The number of halogens is 1. The molecular weight excluding hydrogens is 510 g/mol. The quantitative estimate of drug-likeness (QED) is 0.487. The van der Waals surface area contributed by atoms with Crippen LogP contribution in [0.5, 0.6) is 17.2 Å². The summed E-state index contributed by atoms with van der Waals surface area (Å²) in [6, 6.07) is 9.48. The summed E-state index contributed by atoms with van der Waals surface area (Å²) in [4.78, 5) is 49.6. The molecule has 2 aliphatic rings. The van der Waals surface area contributed by atoms with Crippen molar-refractivity contribution in [2.24, 2.45) is 0 Å². The van der Waals surface area contributed by atoms with Gasteiger partial charge in [0.2, 0.25) is 0 Å². The number of nitrogens with one attached hydrogen (secondary N) is 1. The highest BCUT2D eigenvalue weighted by atomic mass is 35.5. The number of hydrogen-bond donors (Lipinski definition) is 1. The molecule has 0 unspecified atom stereocenters. The third-order valence-corrected chi connectivity index (χ3v) is 6.67. The normalized spacial score (nSPS) is 16.7. The number of carbonyl (C=O) groups excluding carboxylic acids is 3. The topological polar surface area (TPSA) is 114 Å². The number of aromatic nitrogens is 2. The molecule has 10 nitrogen and oxygen atoms in total. The molecule has 1 N–H and O–H groups in total. The maximum absolute atomic E-state index is 13.1. The predicted molar refractivity (Wildman–Crippen MR) is 140 cm³/mol. The lowest BCUT2D eigenvalue weighted by molar-refractivity contribution is -0.132. The minimum absolute atomic E-state index is 0.0792. The number of anilines is 1. The molecule has 0 radical (unpaired) electrons. The highest BCUT2D eigenvalue weighted by Crippen LogP contribution is 2.34. The van der Waals surface area contributed by atoms with Crippen LogP contribution in [0.4, 0.5) is 5.82 Å².